The van der Waals surface area contributed by atoms with Gasteiger partial charge in [-0.2, -0.15) is 0 Å². The maximum absolute atomic E-state index is 4.18. The molecule has 0 aromatic heterocycles. The number of rotatable bonds is 10. The first-order chi connectivity index (χ1) is 23.5. The maximum atomic E-state index is 4.18. The van der Waals surface area contributed by atoms with Crippen LogP contribution in [0.25, 0.3) is 5.57 Å². The van der Waals surface area contributed by atoms with Gasteiger partial charge < -0.3 is 4.90 Å². The van der Waals surface area contributed by atoms with Gasteiger partial charge >= 0.3 is 0 Å². The molecule has 48 heavy (non-hydrogen) atoms. The first-order valence-electron chi connectivity index (χ1n) is 17.3. The van der Waals surface area contributed by atoms with Gasteiger partial charge in [0, 0.05) is 21.5 Å². The van der Waals surface area contributed by atoms with Gasteiger partial charge in [-0.25, -0.2) is 0 Å². The number of nitrogens with zero attached hydrogens (tertiary/aromatic N) is 1. The topological polar surface area (TPSA) is 3.24 Å². The minimum absolute atomic E-state index is 0.513. The Bertz CT molecular complexity index is 1900. The van der Waals surface area contributed by atoms with Gasteiger partial charge in [0.2, 0.25) is 0 Å². The van der Waals surface area contributed by atoms with Crippen molar-refractivity contribution in [1.29, 1.82) is 0 Å². The van der Waals surface area contributed by atoms with Gasteiger partial charge in [0.15, 0.2) is 0 Å². The molecule has 4 aromatic rings. The zero-order chi connectivity index (χ0) is 34.3. The van der Waals surface area contributed by atoms with E-state index >= 15 is 0 Å². The van der Waals surface area contributed by atoms with Crippen LogP contribution < -0.4 is 4.90 Å². The number of hydrogen-bond acceptors (Lipinski definition) is 1. The summed E-state index contributed by atoms with van der Waals surface area (Å²) in [5.74, 6) is 0.635. The van der Waals surface area contributed by atoms with E-state index in [1.807, 2.05) is 19.9 Å². The molecule has 0 N–H and O–H groups in total. The summed E-state index contributed by atoms with van der Waals surface area (Å²) in [5.41, 5.74) is 13.4. The molecule has 2 heteroatoms. The molecule has 0 radical (unpaired) electrons. The third-order valence-electron chi connectivity index (χ3n) is 9.38. The van der Waals surface area contributed by atoms with Crippen molar-refractivity contribution in [2.75, 3.05) is 4.90 Å². The van der Waals surface area contributed by atoms with Gasteiger partial charge in [0.05, 0.1) is 5.41 Å². The van der Waals surface area contributed by atoms with Gasteiger partial charge in [-0.15, -0.1) is 0 Å². The molecule has 4 aromatic carbocycles. The molecule has 0 aliphatic heterocycles. The van der Waals surface area contributed by atoms with E-state index in [4.69, 9.17) is 0 Å². The second kappa shape index (κ2) is 15.7. The standard InChI is InChI=1S/C44H42BrN.C2H6/c1-6-15-33(16-7-2)44(34-18-11-10-12-19-34)31(5)43(40-21-14-13-20-39(40)32-22-23-32)41-29-28-38(30-42(41)44)46(36(9-4)17-8-3)37-26-24-35(45)25-27-37;1-2/h6-21,24-30,32H,1,22-23H2,2-5H3;1-2H3/b16-7-,17-8-,33-15+,36-9+;. The van der Waals surface area contributed by atoms with Crippen LogP contribution in [0.5, 0.6) is 0 Å². The molecule has 0 heterocycles. The van der Waals surface area contributed by atoms with Crippen molar-refractivity contribution >= 4 is 32.9 Å². The van der Waals surface area contributed by atoms with E-state index in [-0.39, 0.29) is 0 Å². The third kappa shape index (κ3) is 6.39. The average Bonchev–Trinajstić information content (AvgIpc) is 3.94. The summed E-state index contributed by atoms with van der Waals surface area (Å²) in [6.45, 7) is 16.8. The zero-order valence-corrected chi connectivity index (χ0v) is 30.9. The lowest BCUT2D eigenvalue weighted by atomic mass is 9.66. The Kier molecular flexibility index (Phi) is 11.4. The number of benzene rings is 4. The first kappa shape index (κ1) is 34.9. The van der Waals surface area contributed by atoms with Crippen LogP contribution in [0.2, 0.25) is 0 Å². The number of hydrogen-bond donors (Lipinski definition) is 0. The number of halogens is 1. The lowest BCUT2D eigenvalue weighted by molar-refractivity contribution is 0.741. The molecule has 6 rings (SSSR count). The highest BCUT2D eigenvalue weighted by atomic mass is 79.9. The Morgan fingerprint density at radius 2 is 1.44 bits per heavy atom. The van der Waals surface area contributed by atoms with Crippen molar-refractivity contribution in [3.8, 4) is 0 Å². The summed E-state index contributed by atoms with van der Waals surface area (Å²) in [4.78, 5) is 2.36. The fourth-order valence-electron chi connectivity index (χ4n) is 7.33. The monoisotopic (exact) mass is 693 g/mol. The fourth-order valence-corrected chi connectivity index (χ4v) is 7.60. The molecule has 0 saturated heterocycles. The van der Waals surface area contributed by atoms with Crippen LogP contribution in [0.4, 0.5) is 11.4 Å². The second-order valence-electron chi connectivity index (χ2n) is 12.1. The van der Waals surface area contributed by atoms with Crippen LogP contribution in [0.3, 0.4) is 0 Å². The van der Waals surface area contributed by atoms with Crippen LogP contribution in [0.1, 0.15) is 88.1 Å². The highest BCUT2D eigenvalue weighted by Gasteiger charge is 2.47. The Labute approximate surface area is 297 Å². The van der Waals surface area contributed by atoms with Crippen molar-refractivity contribution in [2.45, 2.75) is 65.7 Å². The van der Waals surface area contributed by atoms with Crippen LogP contribution in [0, 0.1) is 0 Å². The molecule has 1 nitrogen and oxygen atoms in total. The predicted octanol–water partition coefficient (Wildman–Crippen LogP) is 13.8. The van der Waals surface area contributed by atoms with E-state index < -0.39 is 5.41 Å². The summed E-state index contributed by atoms with van der Waals surface area (Å²) in [6, 6.07) is 35.8. The zero-order valence-electron chi connectivity index (χ0n) is 29.3. The van der Waals surface area contributed by atoms with Crippen LogP contribution >= 0.6 is 15.9 Å². The van der Waals surface area contributed by atoms with Crippen molar-refractivity contribution < 1.29 is 0 Å². The van der Waals surface area contributed by atoms with Crippen LogP contribution in [-0.4, -0.2) is 0 Å². The van der Waals surface area contributed by atoms with E-state index in [9.17, 15) is 0 Å². The maximum Gasteiger partial charge on any atom is 0.0674 e. The normalized spacial score (nSPS) is 17.8. The van der Waals surface area contributed by atoms with E-state index in [2.05, 4.69) is 189 Å². The van der Waals surface area contributed by atoms with Crippen molar-refractivity contribution in [1.82, 2.24) is 0 Å². The van der Waals surface area contributed by atoms with Gasteiger partial charge in [-0.05, 0) is 133 Å². The third-order valence-corrected chi connectivity index (χ3v) is 9.91. The highest BCUT2D eigenvalue weighted by molar-refractivity contribution is 9.10. The molecule has 0 bridgehead atoms. The SMILES string of the molecule is C=C/C=C(\C=C/C)C1(c2ccccc2)C(C)=C(c2ccccc2C2CC2)c2ccc(N(C(/C=C\C)=C/C)c3ccc(Br)cc3)cc21.CC. The lowest BCUT2D eigenvalue weighted by Crippen LogP contribution is -2.30. The fraction of sp³-hybridized carbons (Fsp3) is 0.217. The minimum Gasteiger partial charge on any atom is -0.311 e. The molecule has 2 aliphatic rings. The van der Waals surface area contributed by atoms with E-state index in [0.717, 1.165) is 21.5 Å². The second-order valence-corrected chi connectivity index (χ2v) is 13.0. The van der Waals surface area contributed by atoms with Crippen molar-refractivity contribution in [3.05, 3.63) is 195 Å². The van der Waals surface area contributed by atoms with E-state index in [0.29, 0.717) is 5.92 Å². The Hall–Kier alpha value is -4.40. The minimum atomic E-state index is -0.513. The highest BCUT2D eigenvalue weighted by Crippen LogP contribution is 2.58. The Balaban J connectivity index is 0.00000221. The Morgan fingerprint density at radius 3 is 2.06 bits per heavy atom. The molecule has 1 unspecified atom stereocenters. The van der Waals surface area contributed by atoms with Gasteiger partial charge in [-0.3, -0.25) is 0 Å². The molecule has 0 amide bonds. The van der Waals surface area contributed by atoms with Crippen molar-refractivity contribution in [3.63, 3.8) is 0 Å². The molecule has 2 aliphatic carbocycles. The Morgan fingerprint density at radius 1 is 0.792 bits per heavy atom. The number of anilines is 2. The molecule has 244 valence electrons. The molecule has 1 fully saturated rings. The number of fused-ring (bicyclic) bond motifs is 1. The molecule has 1 atom stereocenters. The van der Waals surface area contributed by atoms with E-state index in [1.54, 1.807) is 0 Å². The van der Waals surface area contributed by atoms with Gasteiger partial charge in [-0.1, -0.05) is 133 Å². The average molecular weight is 695 g/mol. The van der Waals surface area contributed by atoms with Crippen molar-refractivity contribution in [2.24, 2.45) is 0 Å². The van der Waals surface area contributed by atoms with Gasteiger partial charge in [0.1, 0.15) is 0 Å². The molecule has 1 saturated carbocycles. The smallest absolute Gasteiger partial charge is 0.0674 e. The summed E-state index contributed by atoms with van der Waals surface area (Å²) >= 11 is 3.64. The molecule has 0 spiro atoms. The summed E-state index contributed by atoms with van der Waals surface area (Å²) in [5, 5.41) is 0. The first-order valence-corrected chi connectivity index (χ1v) is 18.1. The van der Waals surface area contributed by atoms with Crippen LogP contribution in [-0.2, 0) is 5.41 Å². The quantitative estimate of drug-likeness (QED) is 0.149. The predicted molar refractivity (Wildman–Crippen MR) is 213 cm³/mol. The number of allylic oxidation sites excluding steroid dienone is 9. The summed E-state index contributed by atoms with van der Waals surface area (Å²) in [6.07, 6.45) is 17.6. The lowest BCUT2D eigenvalue weighted by Gasteiger charge is -2.36. The van der Waals surface area contributed by atoms with Crippen LogP contribution in [0.15, 0.2) is 167 Å². The largest absolute Gasteiger partial charge is 0.311 e. The van der Waals surface area contributed by atoms with Gasteiger partial charge in [0.25, 0.3) is 0 Å². The molecular weight excluding hydrogens is 646 g/mol. The summed E-state index contributed by atoms with van der Waals surface area (Å²) < 4.78 is 1.06. The summed E-state index contributed by atoms with van der Waals surface area (Å²) in [7, 11) is 0. The van der Waals surface area contributed by atoms with E-state index in [1.165, 1.54) is 57.4 Å². The molecular formula is C46H48BrN.